The molecule has 0 spiro atoms. The topological polar surface area (TPSA) is 63.3 Å². The minimum Gasteiger partial charge on any atom is -0.478 e. The van der Waals surface area contributed by atoms with E-state index in [1.165, 1.54) is 6.08 Å². The molecule has 3 nitrogen and oxygen atoms in total. The minimum absolute atomic E-state index is 0.678. The van der Waals surface area contributed by atoms with E-state index < -0.39 is 5.97 Å². The van der Waals surface area contributed by atoms with Gasteiger partial charge >= 0.3 is 5.97 Å². The van der Waals surface area contributed by atoms with Gasteiger partial charge in [-0.3, -0.25) is 0 Å². The Labute approximate surface area is 99.4 Å². The number of carbonyl (C=O) groups is 1. The summed E-state index contributed by atoms with van der Waals surface area (Å²) in [6.07, 6.45) is 1.24. The van der Waals surface area contributed by atoms with Gasteiger partial charge in [0.1, 0.15) is 0 Å². The highest BCUT2D eigenvalue weighted by Gasteiger charge is 2.01. The summed E-state index contributed by atoms with van der Waals surface area (Å²) in [6, 6.07) is 5.73. The number of carboxylic acid groups (broad SMARTS) is 1. The van der Waals surface area contributed by atoms with Crippen molar-refractivity contribution in [3.05, 3.63) is 35.4 Å². The number of thioether (sulfide) groups is 1. The molecule has 1 rings (SSSR count). The highest BCUT2D eigenvalue weighted by atomic mass is 32.2. The van der Waals surface area contributed by atoms with Gasteiger partial charge in [0.05, 0.1) is 0 Å². The molecule has 0 saturated carbocycles. The number of rotatable bonds is 4. The molecule has 1 aromatic rings. The average Bonchev–Trinajstić information content (AvgIpc) is 2.15. The fourth-order valence-corrected chi connectivity index (χ4v) is 2.20. The second kappa shape index (κ2) is 5.61. The van der Waals surface area contributed by atoms with Crippen molar-refractivity contribution in [2.24, 2.45) is 0 Å². The molecular formula is C12H15NO2S. The van der Waals surface area contributed by atoms with Crippen LogP contribution < -0.4 is 5.73 Å². The number of carboxylic acids is 1. The summed E-state index contributed by atoms with van der Waals surface area (Å²) in [5.74, 6) is -0.219. The summed E-state index contributed by atoms with van der Waals surface area (Å²) in [7, 11) is 0. The van der Waals surface area contributed by atoms with Gasteiger partial charge in [-0.2, -0.15) is 0 Å². The van der Waals surface area contributed by atoms with Crippen LogP contribution in [0.3, 0.4) is 0 Å². The largest absolute Gasteiger partial charge is 0.478 e. The first-order valence-corrected chi connectivity index (χ1v) is 5.86. The standard InChI is InChI=1S/C12H15NO2S/c1-8(5-12(14)15)7-16-11-4-3-10(13)6-9(11)2/h3-6H,7,13H2,1-2H3,(H,14,15). The molecule has 0 amide bonds. The number of hydrogen-bond acceptors (Lipinski definition) is 3. The third-order valence-electron chi connectivity index (χ3n) is 2.02. The SMILES string of the molecule is CC(=CC(=O)O)CSc1ccc(N)cc1C. The average molecular weight is 237 g/mol. The van der Waals surface area contributed by atoms with E-state index in [0.717, 1.165) is 21.7 Å². The van der Waals surface area contributed by atoms with E-state index in [9.17, 15) is 4.79 Å². The summed E-state index contributed by atoms with van der Waals surface area (Å²) >= 11 is 1.62. The second-order valence-corrected chi connectivity index (χ2v) is 4.66. The molecule has 0 aromatic heterocycles. The maximum absolute atomic E-state index is 10.4. The molecule has 0 bridgehead atoms. The Balaban J connectivity index is 2.65. The van der Waals surface area contributed by atoms with E-state index in [0.29, 0.717) is 5.75 Å². The lowest BCUT2D eigenvalue weighted by Crippen LogP contribution is -1.93. The van der Waals surface area contributed by atoms with Gasteiger partial charge in [0, 0.05) is 22.4 Å². The summed E-state index contributed by atoms with van der Waals surface area (Å²) in [6.45, 7) is 3.81. The first kappa shape index (κ1) is 12.6. The molecular weight excluding hydrogens is 222 g/mol. The monoisotopic (exact) mass is 237 g/mol. The molecule has 0 aliphatic carbocycles. The van der Waals surface area contributed by atoms with E-state index in [2.05, 4.69) is 0 Å². The normalized spacial score (nSPS) is 11.5. The van der Waals surface area contributed by atoms with Crippen molar-refractivity contribution < 1.29 is 9.90 Å². The number of hydrogen-bond donors (Lipinski definition) is 2. The van der Waals surface area contributed by atoms with Crippen LogP contribution in [0.5, 0.6) is 0 Å². The van der Waals surface area contributed by atoms with Gasteiger partial charge in [-0.05, 0) is 37.6 Å². The van der Waals surface area contributed by atoms with Crippen LogP contribution in [0.2, 0.25) is 0 Å². The number of aliphatic carboxylic acids is 1. The molecule has 0 unspecified atom stereocenters. The minimum atomic E-state index is -0.896. The lowest BCUT2D eigenvalue weighted by atomic mass is 10.2. The van der Waals surface area contributed by atoms with E-state index >= 15 is 0 Å². The molecule has 1 aromatic carbocycles. The van der Waals surface area contributed by atoms with Crippen LogP contribution in [0.4, 0.5) is 5.69 Å². The predicted octanol–water partition coefficient (Wildman–Crippen LogP) is 2.70. The lowest BCUT2D eigenvalue weighted by molar-refractivity contribution is -0.131. The van der Waals surface area contributed by atoms with Gasteiger partial charge in [0.15, 0.2) is 0 Å². The van der Waals surface area contributed by atoms with Crippen LogP contribution in [-0.2, 0) is 4.79 Å². The van der Waals surface area contributed by atoms with Gasteiger partial charge in [0.25, 0.3) is 0 Å². The van der Waals surface area contributed by atoms with E-state index in [1.54, 1.807) is 11.8 Å². The Morgan fingerprint density at radius 3 is 2.81 bits per heavy atom. The van der Waals surface area contributed by atoms with Crippen LogP contribution in [0.25, 0.3) is 0 Å². The Morgan fingerprint density at radius 2 is 2.25 bits per heavy atom. The van der Waals surface area contributed by atoms with E-state index in [4.69, 9.17) is 10.8 Å². The Bertz CT molecular complexity index is 427. The second-order valence-electron chi connectivity index (χ2n) is 3.64. The smallest absolute Gasteiger partial charge is 0.328 e. The molecule has 0 saturated heterocycles. The zero-order valence-electron chi connectivity index (χ0n) is 9.36. The molecule has 0 atom stereocenters. The maximum Gasteiger partial charge on any atom is 0.328 e. The fraction of sp³-hybridized carbons (Fsp3) is 0.250. The van der Waals surface area contributed by atoms with Crippen molar-refractivity contribution in [3.8, 4) is 0 Å². The lowest BCUT2D eigenvalue weighted by Gasteiger charge is -2.06. The molecule has 86 valence electrons. The summed E-state index contributed by atoms with van der Waals surface area (Å²) in [5.41, 5.74) is 8.36. The Morgan fingerprint density at radius 1 is 1.56 bits per heavy atom. The fourth-order valence-electron chi connectivity index (χ4n) is 1.28. The predicted molar refractivity (Wildman–Crippen MR) is 67.7 cm³/mol. The molecule has 0 aliphatic rings. The van der Waals surface area contributed by atoms with E-state index in [1.807, 2.05) is 32.0 Å². The number of aryl methyl sites for hydroxylation is 1. The Kier molecular flexibility index (Phi) is 4.43. The number of nitrogens with two attached hydrogens (primary N) is 1. The molecule has 16 heavy (non-hydrogen) atoms. The van der Waals surface area contributed by atoms with Gasteiger partial charge in [-0.15, -0.1) is 11.8 Å². The number of anilines is 1. The highest BCUT2D eigenvalue weighted by Crippen LogP contribution is 2.25. The maximum atomic E-state index is 10.4. The van der Waals surface area contributed by atoms with Gasteiger partial charge in [0.2, 0.25) is 0 Å². The molecule has 0 heterocycles. The molecule has 0 fully saturated rings. The Hall–Kier alpha value is -1.42. The third kappa shape index (κ3) is 3.98. The van der Waals surface area contributed by atoms with Gasteiger partial charge < -0.3 is 10.8 Å². The van der Waals surface area contributed by atoms with Crippen molar-refractivity contribution >= 4 is 23.4 Å². The summed E-state index contributed by atoms with van der Waals surface area (Å²) in [5, 5.41) is 8.57. The number of benzene rings is 1. The zero-order valence-corrected chi connectivity index (χ0v) is 10.2. The third-order valence-corrected chi connectivity index (χ3v) is 3.39. The van der Waals surface area contributed by atoms with Crippen LogP contribution >= 0.6 is 11.8 Å². The molecule has 4 heteroatoms. The van der Waals surface area contributed by atoms with Crippen molar-refractivity contribution in [2.75, 3.05) is 11.5 Å². The zero-order chi connectivity index (χ0) is 12.1. The summed E-state index contributed by atoms with van der Waals surface area (Å²) in [4.78, 5) is 11.6. The molecule has 0 radical (unpaired) electrons. The molecule has 0 aliphatic heterocycles. The van der Waals surface area contributed by atoms with Crippen LogP contribution in [0.15, 0.2) is 34.7 Å². The first-order valence-electron chi connectivity index (χ1n) is 4.88. The highest BCUT2D eigenvalue weighted by molar-refractivity contribution is 7.99. The summed E-state index contributed by atoms with van der Waals surface area (Å²) < 4.78 is 0. The van der Waals surface area contributed by atoms with Gasteiger partial charge in [-0.25, -0.2) is 4.79 Å². The van der Waals surface area contributed by atoms with Crippen molar-refractivity contribution in [3.63, 3.8) is 0 Å². The van der Waals surface area contributed by atoms with Crippen LogP contribution in [0, 0.1) is 6.92 Å². The quantitative estimate of drug-likeness (QED) is 0.480. The van der Waals surface area contributed by atoms with Crippen molar-refractivity contribution in [1.29, 1.82) is 0 Å². The van der Waals surface area contributed by atoms with Crippen LogP contribution in [0.1, 0.15) is 12.5 Å². The number of nitrogen functional groups attached to an aromatic ring is 1. The first-order chi connectivity index (χ1) is 7.49. The van der Waals surface area contributed by atoms with Gasteiger partial charge in [-0.1, -0.05) is 5.57 Å². The van der Waals surface area contributed by atoms with Crippen molar-refractivity contribution in [2.45, 2.75) is 18.7 Å². The van der Waals surface area contributed by atoms with Crippen LogP contribution in [-0.4, -0.2) is 16.8 Å². The molecule has 3 N–H and O–H groups in total. The van der Waals surface area contributed by atoms with Crippen molar-refractivity contribution in [1.82, 2.24) is 0 Å². The van der Waals surface area contributed by atoms with E-state index in [-0.39, 0.29) is 0 Å².